The maximum atomic E-state index is 12.4. The number of nitrogens with zero attached hydrogens (tertiary/aromatic N) is 2. The summed E-state index contributed by atoms with van der Waals surface area (Å²) in [6.45, 7) is 1.28. The van der Waals surface area contributed by atoms with Crippen LogP contribution in [0.25, 0.3) is 0 Å². The first-order valence-electron chi connectivity index (χ1n) is 8.93. The first kappa shape index (κ1) is 20.7. The zero-order valence-corrected chi connectivity index (χ0v) is 16.6. The third-order valence-corrected chi connectivity index (χ3v) is 6.56. The molecule has 7 nitrogen and oxygen atoms in total. The van der Waals surface area contributed by atoms with E-state index in [1.165, 1.54) is 22.7 Å². The van der Waals surface area contributed by atoms with Gasteiger partial charge in [0.25, 0.3) is 10.2 Å². The Hall–Kier alpha value is -1.64. The third kappa shape index (κ3) is 5.18. The summed E-state index contributed by atoms with van der Waals surface area (Å²) in [6, 6.07) is 7.85. The van der Waals surface area contributed by atoms with Gasteiger partial charge in [0.1, 0.15) is 5.75 Å². The molecule has 1 unspecified atom stereocenters. The number of amides is 1. The zero-order valence-electron chi connectivity index (χ0n) is 15.8. The Labute approximate surface area is 156 Å². The minimum absolute atomic E-state index is 0.0660. The fourth-order valence-electron chi connectivity index (χ4n) is 3.14. The average molecular weight is 384 g/mol. The second kappa shape index (κ2) is 9.34. The fourth-order valence-corrected chi connectivity index (χ4v) is 4.33. The van der Waals surface area contributed by atoms with E-state index < -0.39 is 10.2 Å². The maximum Gasteiger partial charge on any atom is 0.281 e. The molecule has 26 heavy (non-hydrogen) atoms. The van der Waals surface area contributed by atoms with Crippen LogP contribution in [0.15, 0.2) is 24.3 Å². The second-order valence-electron chi connectivity index (χ2n) is 6.69. The number of aryl methyl sites for hydroxylation is 1. The highest BCUT2D eigenvalue weighted by molar-refractivity contribution is 7.86. The first-order chi connectivity index (χ1) is 12.4. The summed E-state index contributed by atoms with van der Waals surface area (Å²) in [5.41, 5.74) is 1.12. The van der Waals surface area contributed by atoms with Crippen LogP contribution in [0.3, 0.4) is 0 Å². The summed E-state index contributed by atoms with van der Waals surface area (Å²) >= 11 is 0. The minimum Gasteiger partial charge on any atom is -0.496 e. The van der Waals surface area contributed by atoms with E-state index in [2.05, 4.69) is 5.32 Å². The van der Waals surface area contributed by atoms with Crippen molar-refractivity contribution in [3.05, 3.63) is 29.8 Å². The molecule has 1 amide bonds. The molecule has 1 aliphatic rings. The van der Waals surface area contributed by atoms with Crippen LogP contribution in [0.2, 0.25) is 0 Å². The van der Waals surface area contributed by atoms with Gasteiger partial charge in [-0.3, -0.25) is 4.79 Å². The van der Waals surface area contributed by atoms with E-state index in [4.69, 9.17) is 4.74 Å². The summed E-state index contributed by atoms with van der Waals surface area (Å²) in [5, 5.41) is 2.95. The lowest BCUT2D eigenvalue weighted by atomic mass is 9.99. The number of piperidine rings is 1. The third-order valence-electron chi connectivity index (χ3n) is 4.66. The highest BCUT2D eigenvalue weighted by Crippen LogP contribution is 2.21. The maximum absolute atomic E-state index is 12.4. The number of para-hydroxylation sites is 1. The molecule has 0 aromatic heterocycles. The van der Waals surface area contributed by atoms with Gasteiger partial charge in [0, 0.05) is 33.7 Å². The predicted molar refractivity (Wildman–Crippen MR) is 101 cm³/mol. The molecule has 0 bridgehead atoms. The minimum atomic E-state index is -3.46. The molecule has 1 atom stereocenters. The predicted octanol–water partition coefficient (Wildman–Crippen LogP) is 1.26. The van der Waals surface area contributed by atoms with Gasteiger partial charge >= 0.3 is 0 Å². The summed E-state index contributed by atoms with van der Waals surface area (Å²) in [6.07, 6.45) is 3.04. The number of nitrogens with one attached hydrogen (secondary N) is 1. The van der Waals surface area contributed by atoms with Crippen LogP contribution in [-0.2, 0) is 21.4 Å². The Morgan fingerprint density at radius 3 is 2.77 bits per heavy atom. The lowest BCUT2D eigenvalue weighted by Crippen LogP contribution is -2.48. The molecule has 0 radical (unpaired) electrons. The van der Waals surface area contributed by atoms with Crippen molar-refractivity contribution in [2.24, 2.45) is 5.92 Å². The van der Waals surface area contributed by atoms with Gasteiger partial charge in [-0.25, -0.2) is 0 Å². The standard InChI is InChI=1S/C18H29N3O4S/c1-20(2)26(23,24)21-13-7-10-16(14-21)18(22)19-12-6-9-15-8-4-5-11-17(15)25-3/h4-5,8,11,16H,6-7,9-10,12-14H2,1-3H3,(H,19,22). The number of carbonyl (C=O) groups is 1. The molecule has 1 aromatic carbocycles. The highest BCUT2D eigenvalue weighted by Gasteiger charge is 2.33. The van der Waals surface area contributed by atoms with E-state index in [0.717, 1.165) is 30.6 Å². The van der Waals surface area contributed by atoms with Gasteiger partial charge in [-0.2, -0.15) is 17.0 Å². The summed E-state index contributed by atoms with van der Waals surface area (Å²) in [5.74, 6) is 0.504. The van der Waals surface area contributed by atoms with Crippen molar-refractivity contribution in [3.63, 3.8) is 0 Å². The Bertz CT molecular complexity index is 706. The van der Waals surface area contributed by atoms with Crippen LogP contribution in [0.4, 0.5) is 0 Å². The lowest BCUT2D eigenvalue weighted by molar-refractivity contribution is -0.126. The largest absolute Gasteiger partial charge is 0.496 e. The fraction of sp³-hybridized carbons (Fsp3) is 0.611. The van der Waals surface area contributed by atoms with Gasteiger partial charge in [-0.05, 0) is 37.3 Å². The summed E-state index contributed by atoms with van der Waals surface area (Å²) in [4.78, 5) is 12.4. The molecule has 1 fully saturated rings. The number of ether oxygens (including phenoxy) is 1. The van der Waals surface area contributed by atoms with Gasteiger partial charge < -0.3 is 10.1 Å². The molecule has 1 aromatic rings. The Morgan fingerprint density at radius 2 is 2.08 bits per heavy atom. The van der Waals surface area contributed by atoms with Gasteiger partial charge in [-0.15, -0.1) is 0 Å². The SMILES string of the molecule is COc1ccccc1CCCNC(=O)C1CCCN(S(=O)(=O)N(C)C)C1. The lowest BCUT2D eigenvalue weighted by Gasteiger charge is -2.32. The number of methoxy groups -OCH3 is 1. The topological polar surface area (TPSA) is 79.0 Å². The van der Waals surface area contributed by atoms with Crippen molar-refractivity contribution in [3.8, 4) is 5.75 Å². The molecular weight excluding hydrogens is 354 g/mol. The summed E-state index contributed by atoms with van der Waals surface area (Å²) in [7, 11) is 1.21. The molecule has 0 aliphatic carbocycles. The molecule has 1 aliphatic heterocycles. The Morgan fingerprint density at radius 1 is 1.35 bits per heavy atom. The van der Waals surface area contributed by atoms with Crippen molar-refractivity contribution in [1.29, 1.82) is 0 Å². The molecule has 8 heteroatoms. The van der Waals surface area contributed by atoms with Crippen LogP contribution in [0, 0.1) is 5.92 Å². The van der Waals surface area contributed by atoms with Crippen molar-refractivity contribution in [1.82, 2.24) is 13.9 Å². The van der Waals surface area contributed by atoms with Crippen molar-refractivity contribution in [2.45, 2.75) is 25.7 Å². The molecule has 1 N–H and O–H groups in total. The molecule has 1 heterocycles. The smallest absolute Gasteiger partial charge is 0.281 e. The van der Waals surface area contributed by atoms with Crippen LogP contribution in [0.5, 0.6) is 5.75 Å². The quantitative estimate of drug-likeness (QED) is 0.686. The van der Waals surface area contributed by atoms with Crippen LogP contribution in [-0.4, -0.2) is 63.8 Å². The number of hydrogen-bond acceptors (Lipinski definition) is 4. The van der Waals surface area contributed by atoms with Gasteiger partial charge in [0.2, 0.25) is 5.91 Å². The van der Waals surface area contributed by atoms with E-state index in [-0.39, 0.29) is 18.4 Å². The molecule has 0 spiro atoms. The normalized spacial score (nSPS) is 18.7. The molecule has 146 valence electrons. The van der Waals surface area contributed by atoms with Crippen LogP contribution >= 0.6 is 0 Å². The number of carbonyl (C=O) groups excluding carboxylic acids is 1. The Kier molecular flexibility index (Phi) is 7.43. The highest BCUT2D eigenvalue weighted by atomic mass is 32.2. The van der Waals surface area contributed by atoms with E-state index in [9.17, 15) is 13.2 Å². The van der Waals surface area contributed by atoms with Gasteiger partial charge in [0.05, 0.1) is 13.0 Å². The van der Waals surface area contributed by atoms with Crippen LogP contribution < -0.4 is 10.1 Å². The van der Waals surface area contributed by atoms with Gasteiger partial charge in [-0.1, -0.05) is 18.2 Å². The zero-order chi connectivity index (χ0) is 19.2. The molecule has 2 rings (SSSR count). The number of benzene rings is 1. The molecule has 0 saturated carbocycles. The molecule has 1 saturated heterocycles. The average Bonchev–Trinajstić information content (AvgIpc) is 2.65. The van der Waals surface area contributed by atoms with Crippen molar-refractivity contribution < 1.29 is 17.9 Å². The number of rotatable bonds is 8. The van der Waals surface area contributed by atoms with Crippen molar-refractivity contribution >= 4 is 16.1 Å². The van der Waals surface area contributed by atoms with E-state index in [0.29, 0.717) is 19.5 Å². The number of hydrogen-bond donors (Lipinski definition) is 1. The van der Waals surface area contributed by atoms with Crippen molar-refractivity contribution in [2.75, 3.05) is 40.8 Å². The van der Waals surface area contributed by atoms with E-state index in [1.807, 2.05) is 24.3 Å². The van der Waals surface area contributed by atoms with E-state index in [1.54, 1.807) is 7.11 Å². The van der Waals surface area contributed by atoms with Gasteiger partial charge in [0.15, 0.2) is 0 Å². The van der Waals surface area contributed by atoms with Crippen LogP contribution in [0.1, 0.15) is 24.8 Å². The molecular formula is C18H29N3O4S. The Balaban J connectivity index is 1.80. The summed E-state index contributed by atoms with van der Waals surface area (Å²) < 4.78 is 32.4. The monoisotopic (exact) mass is 383 g/mol. The first-order valence-corrected chi connectivity index (χ1v) is 10.3. The second-order valence-corrected chi connectivity index (χ2v) is 8.84. The van der Waals surface area contributed by atoms with E-state index >= 15 is 0 Å².